The Bertz CT molecular complexity index is 1340. The molecule has 0 amide bonds. The number of aldehydes is 1. The van der Waals surface area contributed by atoms with Crippen LogP contribution in [0.25, 0.3) is 27.5 Å². The maximum Gasteiger partial charge on any atom is 0.150 e. The highest BCUT2D eigenvalue weighted by Gasteiger charge is 2.10. The molecule has 29 heavy (non-hydrogen) atoms. The summed E-state index contributed by atoms with van der Waals surface area (Å²) < 4.78 is 2.29. The van der Waals surface area contributed by atoms with Crippen LogP contribution in [0.3, 0.4) is 0 Å². The van der Waals surface area contributed by atoms with Crippen molar-refractivity contribution < 1.29 is 4.79 Å². The van der Waals surface area contributed by atoms with E-state index in [4.69, 9.17) is 0 Å². The highest BCUT2D eigenvalue weighted by atomic mass is 16.1. The summed E-state index contributed by atoms with van der Waals surface area (Å²) in [6.07, 6.45) is 0.838. The highest BCUT2D eigenvalue weighted by molar-refractivity contribution is 6.09. The number of hydrogen-bond donors (Lipinski definition) is 0. The number of fused-ring (bicyclic) bond motifs is 3. The molecule has 4 aromatic carbocycles. The third kappa shape index (κ3) is 3.09. The average molecular weight is 371 g/mol. The van der Waals surface area contributed by atoms with Crippen LogP contribution in [0.2, 0.25) is 0 Å². The smallest absolute Gasteiger partial charge is 0.150 e. The Morgan fingerprint density at radius 2 is 1.07 bits per heavy atom. The SMILES string of the molecule is O=Cc1ccc(C#Cc2ccc(-n3c4ccccc4c4ccccc43)cc2)cc1. The van der Waals surface area contributed by atoms with Crippen LogP contribution < -0.4 is 0 Å². The van der Waals surface area contributed by atoms with Crippen molar-refractivity contribution in [1.82, 2.24) is 4.57 Å². The van der Waals surface area contributed by atoms with E-state index < -0.39 is 0 Å². The number of hydrogen-bond acceptors (Lipinski definition) is 1. The monoisotopic (exact) mass is 371 g/mol. The summed E-state index contributed by atoms with van der Waals surface area (Å²) in [6.45, 7) is 0. The maximum atomic E-state index is 10.8. The van der Waals surface area contributed by atoms with Crippen molar-refractivity contribution in [1.29, 1.82) is 0 Å². The molecule has 0 saturated carbocycles. The lowest BCUT2D eigenvalue weighted by Gasteiger charge is -2.07. The van der Waals surface area contributed by atoms with Gasteiger partial charge < -0.3 is 4.57 Å². The summed E-state index contributed by atoms with van der Waals surface area (Å²) in [5.74, 6) is 6.35. The van der Waals surface area contributed by atoms with E-state index in [9.17, 15) is 4.79 Å². The van der Waals surface area contributed by atoms with Gasteiger partial charge in [0.05, 0.1) is 11.0 Å². The van der Waals surface area contributed by atoms with Gasteiger partial charge in [0.2, 0.25) is 0 Å². The second kappa shape index (κ2) is 7.14. The molecule has 2 nitrogen and oxygen atoms in total. The van der Waals surface area contributed by atoms with Gasteiger partial charge in [-0.1, -0.05) is 60.4 Å². The fraction of sp³-hybridized carbons (Fsp3) is 0. The summed E-state index contributed by atoms with van der Waals surface area (Å²) >= 11 is 0. The summed E-state index contributed by atoms with van der Waals surface area (Å²) in [6, 6.07) is 32.6. The minimum atomic E-state index is 0.658. The number of rotatable bonds is 2. The van der Waals surface area contributed by atoms with E-state index in [0.29, 0.717) is 5.56 Å². The number of carbonyl (C=O) groups is 1. The number of aromatic nitrogens is 1. The van der Waals surface area contributed by atoms with Crippen LogP contribution in [0.15, 0.2) is 97.1 Å². The zero-order valence-corrected chi connectivity index (χ0v) is 15.7. The van der Waals surface area contributed by atoms with Crippen LogP contribution in [0.4, 0.5) is 0 Å². The minimum Gasteiger partial charge on any atom is -0.309 e. The molecule has 0 aliphatic rings. The first-order valence-corrected chi connectivity index (χ1v) is 9.49. The van der Waals surface area contributed by atoms with Gasteiger partial charge in [0.15, 0.2) is 0 Å². The van der Waals surface area contributed by atoms with E-state index in [1.54, 1.807) is 12.1 Å². The van der Waals surface area contributed by atoms with Gasteiger partial charge >= 0.3 is 0 Å². The molecule has 0 aliphatic heterocycles. The Labute approximate surface area is 169 Å². The fourth-order valence-corrected chi connectivity index (χ4v) is 3.68. The molecule has 5 rings (SSSR count). The van der Waals surface area contributed by atoms with Gasteiger partial charge in [-0.25, -0.2) is 0 Å². The Kier molecular flexibility index (Phi) is 4.20. The van der Waals surface area contributed by atoms with Crippen molar-refractivity contribution in [3.8, 4) is 17.5 Å². The molecule has 0 N–H and O–H groups in total. The lowest BCUT2D eigenvalue weighted by molar-refractivity contribution is 0.112. The van der Waals surface area contributed by atoms with Crippen molar-refractivity contribution in [2.75, 3.05) is 0 Å². The van der Waals surface area contributed by atoms with Crippen LogP contribution in [0, 0.1) is 11.8 Å². The summed E-state index contributed by atoms with van der Waals surface area (Å²) in [5.41, 5.74) is 6.01. The lowest BCUT2D eigenvalue weighted by atomic mass is 10.1. The largest absolute Gasteiger partial charge is 0.309 e. The Morgan fingerprint density at radius 1 is 0.586 bits per heavy atom. The minimum absolute atomic E-state index is 0.658. The lowest BCUT2D eigenvalue weighted by Crippen LogP contribution is -1.93. The molecule has 5 aromatic rings. The zero-order valence-electron chi connectivity index (χ0n) is 15.7. The van der Waals surface area contributed by atoms with Crippen molar-refractivity contribution in [3.63, 3.8) is 0 Å². The molecule has 0 spiro atoms. The molecule has 0 atom stereocenters. The van der Waals surface area contributed by atoms with Crippen molar-refractivity contribution in [3.05, 3.63) is 114 Å². The van der Waals surface area contributed by atoms with Crippen molar-refractivity contribution >= 4 is 28.1 Å². The molecular formula is C27H17NO. The normalized spacial score (nSPS) is 10.6. The highest BCUT2D eigenvalue weighted by Crippen LogP contribution is 2.31. The molecule has 0 fully saturated rings. The Hall–Kier alpha value is -4.09. The zero-order chi connectivity index (χ0) is 19.6. The molecular weight excluding hydrogens is 354 g/mol. The van der Waals surface area contributed by atoms with E-state index in [-0.39, 0.29) is 0 Å². The first-order chi connectivity index (χ1) is 14.3. The van der Waals surface area contributed by atoms with Gasteiger partial charge in [-0.05, 0) is 48.5 Å². The average Bonchev–Trinajstić information content (AvgIpc) is 3.13. The van der Waals surface area contributed by atoms with Crippen LogP contribution in [0.1, 0.15) is 21.5 Å². The second-order valence-corrected chi connectivity index (χ2v) is 6.91. The number of para-hydroxylation sites is 2. The van der Waals surface area contributed by atoms with Gasteiger partial charge in [-0.15, -0.1) is 0 Å². The first kappa shape index (κ1) is 17.0. The Balaban J connectivity index is 1.54. The van der Waals surface area contributed by atoms with E-state index in [0.717, 1.165) is 23.1 Å². The molecule has 0 bridgehead atoms. The first-order valence-electron chi connectivity index (χ1n) is 9.49. The van der Waals surface area contributed by atoms with Crippen molar-refractivity contribution in [2.45, 2.75) is 0 Å². The molecule has 136 valence electrons. The van der Waals surface area contributed by atoms with Gasteiger partial charge in [-0.3, -0.25) is 4.79 Å². The fourth-order valence-electron chi connectivity index (χ4n) is 3.68. The van der Waals surface area contributed by atoms with Gasteiger partial charge in [0.1, 0.15) is 6.29 Å². The summed E-state index contributed by atoms with van der Waals surface area (Å²) in [5, 5.41) is 2.51. The number of carbonyl (C=O) groups excluding carboxylic acids is 1. The van der Waals surface area contributed by atoms with Gasteiger partial charge in [0.25, 0.3) is 0 Å². The summed E-state index contributed by atoms with van der Waals surface area (Å²) in [7, 11) is 0. The van der Waals surface area contributed by atoms with Gasteiger partial charge in [-0.2, -0.15) is 0 Å². The second-order valence-electron chi connectivity index (χ2n) is 6.91. The van der Waals surface area contributed by atoms with Crippen LogP contribution in [-0.4, -0.2) is 10.9 Å². The third-order valence-electron chi connectivity index (χ3n) is 5.10. The Morgan fingerprint density at radius 3 is 1.59 bits per heavy atom. The van der Waals surface area contributed by atoms with Crippen molar-refractivity contribution in [2.24, 2.45) is 0 Å². The molecule has 2 heteroatoms. The molecule has 0 radical (unpaired) electrons. The molecule has 0 unspecified atom stereocenters. The number of benzene rings is 4. The topological polar surface area (TPSA) is 22.0 Å². The molecule has 1 heterocycles. The molecule has 0 saturated heterocycles. The standard InChI is InChI=1S/C27H17NO/c29-19-22-13-11-20(12-14-22)9-10-21-15-17-23(18-16-21)28-26-7-3-1-5-24(26)25-6-2-4-8-27(25)28/h1-8,11-19H. The predicted octanol–water partition coefficient (Wildman–Crippen LogP) is 6.00. The molecule has 0 aliphatic carbocycles. The van der Waals surface area contributed by atoms with Crippen LogP contribution >= 0.6 is 0 Å². The predicted molar refractivity (Wildman–Crippen MR) is 119 cm³/mol. The molecule has 1 aromatic heterocycles. The third-order valence-corrected chi connectivity index (χ3v) is 5.10. The van der Waals surface area contributed by atoms with Gasteiger partial charge in [0, 0.05) is 33.2 Å². The van der Waals surface area contributed by atoms with E-state index in [1.165, 1.54) is 21.8 Å². The van der Waals surface area contributed by atoms with Crippen LogP contribution in [0.5, 0.6) is 0 Å². The van der Waals surface area contributed by atoms with Crippen LogP contribution in [-0.2, 0) is 0 Å². The van der Waals surface area contributed by atoms with E-state index >= 15 is 0 Å². The quantitative estimate of drug-likeness (QED) is 0.276. The van der Waals surface area contributed by atoms with E-state index in [2.05, 4.69) is 77.1 Å². The number of nitrogens with zero attached hydrogens (tertiary/aromatic N) is 1. The van der Waals surface area contributed by atoms with E-state index in [1.807, 2.05) is 24.3 Å². The maximum absolute atomic E-state index is 10.8. The summed E-state index contributed by atoms with van der Waals surface area (Å²) in [4.78, 5) is 10.8.